The lowest BCUT2D eigenvalue weighted by Gasteiger charge is -2.11. The molecule has 0 radical (unpaired) electrons. The van der Waals surface area contributed by atoms with Gasteiger partial charge in [-0.1, -0.05) is 20.3 Å². The number of nitrogens with zero attached hydrogens (tertiary/aromatic N) is 1. The van der Waals surface area contributed by atoms with Crippen molar-refractivity contribution in [1.82, 2.24) is 0 Å². The van der Waals surface area contributed by atoms with Crippen molar-refractivity contribution in [2.24, 2.45) is 11.0 Å². The number of hydrogen-bond donors (Lipinski definition) is 1. The number of rotatable bonds is 4. The van der Waals surface area contributed by atoms with E-state index in [1.54, 1.807) is 0 Å². The molecule has 0 aliphatic carbocycles. The molecule has 0 saturated heterocycles. The summed E-state index contributed by atoms with van der Waals surface area (Å²) in [7, 11) is 0. The molecular formula is C7H16N2. The smallest absolute Gasteiger partial charge is 0.0703 e. The molecule has 0 fully saturated rings. The Morgan fingerprint density at radius 1 is 1.44 bits per heavy atom. The fraction of sp³-hybridized carbons (Fsp3) is 1.00. The Morgan fingerprint density at radius 3 is 2.33 bits per heavy atom. The van der Waals surface area contributed by atoms with Gasteiger partial charge in [0.25, 0.3) is 0 Å². The number of nitrogens with one attached hydrogen (secondary N) is 1. The van der Waals surface area contributed by atoms with E-state index in [1.165, 1.54) is 12.8 Å². The van der Waals surface area contributed by atoms with Crippen LogP contribution in [0.25, 0.3) is 0 Å². The molecule has 0 amide bonds. The van der Waals surface area contributed by atoms with E-state index in [1.807, 2.05) is 6.92 Å². The first kappa shape index (κ1) is 8.60. The normalized spacial score (nSPS) is 16.8. The molecule has 0 saturated carbocycles. The average Bonchev–Trinajstić information content (AvgIpc) is 1.87. The highest BCUT2D eigenvalue weighted by Gasteiger charge is 2.07. The summed E-state index contributed by atoms with van der Waals surface area (Å²) in [5.41, 5.74) is 6.74. The third-order valence-electron chi connectivity index (χ3n) is 1.77. The molecule has 0 heterocycles. The maximum atomic E-state index is 6.74. The molecule has 54 valence electrons. The standard InChI is InChI=1S/C7H16N2/c1-4-5-6(2)7(3)9-8/h6-8H,4-5H2,1-3H3/t6-,7-/m1/s1. The molecule has 2 heteroatoms. The van der Waals surface area contributed by atoms with E-state index in [-0.39, 0.29) is 6.04 Å². The van der Waals surface area contributed by atoms with E-state index in [0.29, 0.717) is 5.92 Å². The lowest BCUT2D eigenvalue weighted by molar-refractivity contribution is 0.430. The first-order valence-electron chi connectivity index (χ1n) is 3.59. The molecule has 0 aromatic rings. The monoisotopic (exact) mass is 128 g/mol. The third-order valence-corrected chi connectivity index (χ3v) is 1.77. The first-order chi connectivity index (χ1) is 4.22. The van der Waals surface area contributed by atoms with E-state index < -0.39 is 0 Å². The summed E-state index contributed by atoms with van der Waals surface area (Å²) >= 11 is 0. The van der Waals surface area contributed by atoms with Crippen LogP contribution in [-0.2, 0) is 0 Å². The van der Waals surface area contributed by atoms with Crippen LogP contribution in [0.4, 0.5) is 0 Å². The molecule has 0 aliphatic heterocycles. The highest BCUT2D eigenvalue weighted by Crippen LogP contribution is 2.12. The minimum Gasteiger partial charge on any atom is -0.210 e. The highest BCUT2D eigenvalue weighted by atomic mass is 15.0. The van der Waals surface area contributed by atoms with Crippen LogP contribution in [0.3, 0.4) is 0 Å². The topological polar surface area (TPSA) is 36.2 Å². The minimum absolute atomic E-state index is 0.213. The third kappa shape index (κ3) is 3.22. The number of hydrogen-bond acceptors (Lipinski definition) is 2. The van der Waals surface area contributed by atoms with E-state index in [2.05, 4.69) is 19.0 Å². The molecule has 2 atom stereocenters. The minimum atomic E-state index is 0.213. The molecule has 0 aromatic carbocycles. The molecule has 0 spiro atoms. The second-order valence-corrected chi connectivity index (χ2v) is 2.64. The zero-order valence-corrected chi connectivity index (χ0v) is 6.52. The summed E-state index contributed by atoms with van der Waals surface area (Å²) in [6, 6.07) is 0.213. The summed E-state index contributed by atoms with van der Waals surface area (Å²) in [4.78, 5) is 0. The molecule has 0 aromatic heterocycles. The lowest BCUT2D eigenvalue weighted by Crippen LogP contribution is -2.09. The zero-order valence-electron chi connectivity index (χ0n) is 6.52. The van der Waals surface area contributed by atoms with Crippen molar-refractivity contribution in [3.63, 3.8) is 0 Å². The predicted molar refractivity (Wildman–Crippen MR) is 38.7 cm³/mol. The molecule has 0 bridgehead atoms. The van der Waals surface area contributed by atoms with E-state index in [0.717, 1.165) is 0 Å². The Balaban J connectivity index is 3.44. The van der Waals surface area contributed by atoms with Gasteiger partial charge in [-0.15, -0.1) is 0 Å². The van der Waals surface area contributed by atoms with Gasteiger partial charge in [0.2, 0.25) is 0 Å². The van der Waals surface area contributed by atoms with Crippen molar-refractivity contribution in [1.29, 1.82) is 5.53 Å². The van der Waals surface area contributed by atoms with Crippen LogP contribution in [0.15, 0.2) is 5.11 Å². The summed E-state index contributed by atoms with van der Waals surface area (Å²) in [5.74, 6) is 0.576. The second kappa shape index (κ2) is 4.48. The quantitative estimate of drug-likeness (QED) is 0.565. The molecular weight excluding hydrogens is 112 g/mol. The highest BCUT2D eigenvalue weighted by molar-refractivity contribution is 4.63. The van der Waals surface area contributed by atoms with Crippen molar-refractivity contribution < 1.29 is 0 Å². The zero-order chi connectivity index (χ0) is 7.28. The Hall–Kier alpha value is -0.400. The largest absolute Gasteiger partial charge is 0.210 e. The summed E-state index contributed by atoms with van der Waals surface area (Å²) < 4.78 is 0. The Morgan fingerprint density at radius 2 is 2.00 bits per heavy atom. The van der Waals surface area contributed by atoms with Gasteiger partial charge in [-0.05, 0) is 19.3 Å². The van der Waals surface area contributed by atoms with Crippen molar-refractivity contribution in [2.75, 3.05) is 0 Å². The second-order valence-electron chi connectivity index (χ2n) is 2.64. The van der Waals surface area contributed by atoms with Gasteiger partial charge >= 0.3 is 0 Å². The molecule has 1 N–H and O–H groups in total. The maximum absolute atomic E-state index is 6.74. The van der Waals surface area contributed by atoms with Crippen LogP contribution in [0.2, 0.25) is 0 Å². The Kier molecular flexibility index (Phi) is 4.28. The fourth-order valence-corrected chi connectivity index (χ4v) is 0.824. The summed E-state index contributed by atoms with van der Waals surface area (Å²) in [5, 5.41) is 3.46. The van der Waals surface area contributed by atoms with Crippen LogP contribution in [0.5, 0.6) is 0 Å². The average molecular weight is 128 g/mol. The van der Waals surface area contributed by atoms with E-state index in [9.17, 15) is 0 Å². The van der Waals surface area contributed by atoms with Crippen LogP contribution >= 0.6 is 0 Å². The van der Waals surface area contributed by atoms with Gasteiger partial charge in [-0.2, -0.15) is 5.11 Å². The lowest BCUT2D eigenvalue weighted by atomic mass is 9.99. The van der Waals surface area contributed by atoms with Gasteiger partial charge in [0.1, 0.15) is 0 Å². The molecule has 0 aliphatic rings. The Labute approximate surface area is 57.2 Å². The van der Waals surface area contributed by atoms with Crippen LogP contribution in [0.1, 0.15) is 33.6 Å². The molecule has 9 heavy (non-hydrogen) atoms. The van der Waals surface area contributed by atoms with Crippen molar-refractivity contribution in [3.05, 3.63) is 0 Å². The van der Waals surface area contributed by atoms with Gasteiger partial charge < -0.3 is 0 Å². The summed E-state index contributed by atoms with van der Waals surface area (Å²) in [6.45, 7) is 6.30. The van der Waals surface area contributed by atoms with Gasteiger partial charge in [-0.25, -0.2) is 5.53 Å². The van der Waals surface area contributed by atoms with Gasteiger partial charge in [0, 0.05) is 0 Å². The summed E-state index contributed by atoms with van der Waals surface area (Å²) in [6.07, 6.45) is 2.38. The molecule has 2 nitrogen and oxygen atoms in total. The maximum Gasteiger partial charge on any atom is 0.0703 e. The van der Waals surface area contributed by atoms with Crippen LogP contribution < -0.4 is 0 Å². The SMILES string of the molecule is CCC[C@@H](C)[C@@H](C)N=N. The van der Waals surface area contributed by atoms with Crippen molar-refractivity contribution >= 4 is 0 Å². The van der Waals surface area contributed by atoms with Crippen molar-refractivity contribution in [3.8, 4) is 0 Å². The van der Waals surface area contributed by atoms with Gasteiger partial charge in [-0.3, -0.25) is 0 Å². The van der Waals surface area contributed by atoms with Gasteiger partial charge in [0.15, 0.2) is 0 Å². The van der Waals surface area contributed by atoms with Gasteiger partial charge in [0.05, 0.1) is 6.04 Å². The van der Waals surface area contributed by atoms with E-state index in [4.69, 9.17) is 5.53 Å². The first-order valence-corrected chi connectivity index (χ1v) is 3.59. The van der Waals surface area contributed by atoms with Crippen molar-refractivity contribution in [2.45, 2.75) is 39.7 Å². The predicted octanol–water partition coefficient (Wildman–Crippen LogP) is 2.84. The van der Waals surface area contributed by atoms with E-state index >= 15 is 0 Å². The Bertz CT molecular complexity index is 81.0. The molecule has 0 rings (SSSR count). The fourth-order valence-electron chi connectivity index (χ4n) is 0.824. The van der Waals surface area contributed by atoms with Crippen LogP contribution in [-0.4, -0.2) is 6.04 Å². The molecule has 0 unspecified atom stereocenters. The van der Waals surface area contributed by atoms with Crippen LogP contribution in [0, 0.1) is 11.4 Å².